The maximum atomic E-state index is 12.5. The topological polar surface area (TPSA) is 97.1 Å². The van der Waals surface area contributed by atoms with Gasteiger partial charge in [0.1, 0.15) is 5.54 Å². The molecule has 0 saturated heterocycles. The highest BCUT2D eigenvalue weighted by molar-refractivity contribution is 7.09. The molecule has 0 spiro atoms. The molecule has 3 rings (SSSR count). The fourth-order valence-corrected chi connectivity index (χ4v) is 3.99. The summed E-state index contributed by atoms with van der Waals surface area (Å²) in [4.78, 5) is 25.4. The molecule has 8 heteroatoms. The minimum absolute atomic E-state index is 0.148. The van der Waals surface area contributed by atoms with E-state index in [-0.39, 0.29) is 5.69 Å². The van der Waals surface area contributed by atoms with Crippen LogP contribution < -0.4 is 5.32 Å². The summed E-state index contributed by atoms with van der Waals surface area (Å²) in [5.74, 6) is -0.910. The third kappa shape index (κ3) is 3.89. The first-order valence-corrected chi connectivity index (χ1v) is 9.39. The van der Waals surface area contributed by atoms with Crippen molar-refractivity contribution in [3.05, 3.63) is 34.3 Å². The van der Waals surface area contributed by atoms with E-state index in [0.717, 1.165) is 24.1 Å². The minimum atomic E-state index is -1.19. The zero-order valence-corrected chi connectivity index (χ0v) is 15.0. The number of nitrogens with one attached hydrogen (secondary N) is 1. The zero-order chi connectivity index (χ0) is 17.9. The van der Waals surface area contributed by atoms with Crippen LogP contribution in [-0.4, -0.2) is 37.5 Å². The number of carboxylic acids is 1. The van der Waals surface area contributed by atoms with Crippen molar-refractivity contribution >= 4 is 23.2 Å². The van der Waals surface area contributed by atoms with Gasteiger partial charge in [-0.15, -0.1) is 16.4 Å². The van der Waals surface area contributed by atoms with Gasteiger partial charge in [-0.25, -0.2) is 9.48 Å². The summed E-state index contributed by atoms with van der Waals surface area (Å²) in [5, 5.41) is 22.2. The molecular formula is C17H22N4O3S. The molecular weight excluding hydrogens is 340 g/mol. The second-order valence-corrected chi connectivity index (χ2v) is 7.61. The SMILES string of the molecule is CCC1CCC(NC(=O)c2cn(Cc3cccs3)nn2)(C(=O)O)CC1. The van der Waals surface area contributed by atoms with E-state index in [2.05, 4.69) is 22.6 Å². The molecule has 2 aromatic heterocycles. The Kier molecular flexibility index (Phi) is 5.17. The van der Waals surface area contributed by atoms with Gasteiger partial charge >= 0.3 is 5.97 Å². The van der Waals surface area contributed by atoms with Crippen molar-refractivity contribution in [2.45, 2.75) is 51.1 Å². The van der Waals surface area contributed by atoms with E-state index in [1.54, 1.807) is 22.2 Å². The van der Waals surface area contributed by atoms with Crippen LogP contribution in [0.4, 0.5) is 0 Å². The molecule has 2 aromatic rings. The van der Waals surface area contributed by atoms with E-state index in [0.29, 0.717) is 25.3 Å². The lowest BCUT2D eigenvalue weighted by Crippen LogP contribution is -2.56. The minimum Gasteiger partial charge on any atom is -0.480 e. The van der Waals surface area contributed by atoms with Crippen LogP contribution in [0.15, 0.2) is 23.7 Å². The number of thiophene rings is 1. The van der Waals surface area contributed by atoms with Crippen molar-refractivity contribution in [2.75, 3.05) is 0 Å². The van der Waals surface area contributed by atoms with Gasteiger partial charge in [-0.1, -0.05) is 24.6 Å². The molecule has 7 nitrogen and oxygen atoms in total. The maximum absolute atomic E-state index is 12.5. The number of carbonyl (C=O) groups excluding carboxylic acids is 1. The molecule has 0 unspecified atom stereocenters. The first kappa shape index (κ1) is 17.6. The second-order valence-electron chi connectivity index (χ2n) is 6.57. The Labute approximate surface area is 150 Å². The lowest BCUT2D eigenvalue weighted by molar-refractivity contribution is -0.146. The van der Waals surface area contributed by atoms with Gasteiger partial charge in [0.2, 0.25) is 0 Å². The van der Waals surface area contributed by atoms with E-state index in [4.69, 9.17) is 0 Å². The lowest BCUT2D eigenvalue weighted by Gasteiger charge is -2.37. The lowest BCUT2D eigenvalue weighted by atomic mass is 9.75. The summed E-state index contributed by atoms with van der Waals surface area (Å²) in [7, 11) is 0. The van der Waals surface area contributed by atoms with Crippen LogP contribution >= 0.6 is 11.3 Å². The highest BCUT2D eigenvalue weighted by Gasteiger charge is 2.43. The summed E-state index contributed by atoms with van der Waals surface area (Å²) >= 11 is 1.60. The zero-order valence-electron chi connectivity index (χ0n) is 14.1. The average Bonchev–Trinajstić information content (AvgIpc) is 3.28. The van der Waals surface area contributed by atoms with Gasteiger partial charge in [0.05, 0.1) is 12.7 Å². The van der Waals surface area contributed by atoms with Crippen LogP contribution in [0.25, 0.3) is 0 Å². The van der Waals surface area contributed by atoms with Crippen molar-refractivity contribution < 1.29 is 14.7 Å². The third-order valence-corrected chi connectivity index (χ3v) is 5.83. The van der Waals surface area contributed by atoms with Crippen LogP contribution in [-0.2, 0) is 11.3 Å². The van der Waals surface area contributed by atoms with Crippen LogP contribution in [0.5, 0.6) is 0 Å². The molecule has 1 aliphatic rings. The molecule has 2 heterocycles. The monoisotopic (exact) mass is 362 g/mol. The van der Waals surface area contributed by atoms with Crippen LogP contribution in [0.3, 0.4) is 0 Å². The predicted molar refractivity (Wildman–Crippen MR) is 93.5 cm³/mol. The number of carbonyl (C=O) groups is 2. The number of amides is 1. The number of nitrogens with zero attached hydrogens (tertiary/aromatic N) is 3. The summed E-state index contributed by atoms with van der Waals surface area (Å²) < 4.78 is 1.59. The van der Waals surface area contributed by atoms with E-state index < -0.39 is 17.4 Å². The maximum Gasteiger partial charge on any atom is 0.329 e. The van der Waals surface area contributed by atoms with Crippen molar-refractivity contribution in [3.8, 4) is 0 Å². The second kappa shape index (κ2) is 7.35. The number of hydrogen-bond acceptors (Lipinski definition) is 5. The van der Waals surface area contributed by atoms with Gasteiger partial charge in [-0.05, 0) is 43.0 Å². The molecule has 25 heavy (non-hydrogen) atoms. The molecule has 0 radical (unpaired) electrons. The number of hydrogen-bond donors (Lipinski definition) is 2. The Morgan fingerprint density at radius 2 is 2.20 bits per heavy atom. The highest BCUT2D eigenvalue weighted by Crippen LogP contribution is 2.34. The summed E-state index contributed by atoms with van der Waals surface area (Å²) in [5.41, 5.74) is -1.05. The first-order chi connectivity index (χ1) is 12.0. The predicted octanol–water partition coefficient (Wildman–Crippen LogP) is 2.54. The molecule has 1 saturated carbocycles. The van der Waals surface area contributed by atoms with E-state index >= 15 is 0 Å². The molecule has 0 aliphatic heterocycles. The van der Waals surface area contributed by atoms with Gasteiger partial charge in [0, 0.05) is 4.88 Å². The number of aromatic nitrogens is 3. The number of aliphatic carboxylic acids is 1. The summed E-state index contributed by atoms with van der Waals surface area (Å²) in [6.45, 7) is 2.66. The standard InChI is InChI=1S/C17H22N4O3S/c1-2-12-5-7-17(8-6-12,16(23)24)18-15(22)14-11-21(20-19-14)10-13-4-3-9-25-13/h3-4,9,11-12H,2,5-8,10H2,1H3,(H,18,22)(H,23,24). The number of rotatable bonds is 6. The van der Waals surface area contributed by atoms with Gasteiger partial charge in [-0.2, -0.15) is 0 Å². The largest absolute Gasteiger partial charge is 0.480 e. The van der Waals surface area contributed by atoms with Crippen LogP contribution in [0.1, 0.15) is 54.4 Å². The molecule has 1 aliphatic carbocycles. The van der Waals surface area contributed by atoms with Crippen molar-refractivity contribution in [1.82, 2.24) is 20.3 Å². The summed E-state index contributed by atoms with van der Waals surface area (Å²) in [6.07, 6.45) is 5.14. The van der Waals surface area contributed by atoms with E-state index in [1.165, 1.54) is 0 Å². The average molecular weight is 362 g/mol. The molecule has 0 aromatic carbocycles. The Morgan fingerprint density at radius 3 is 2.80 bits per heavy atom. The van der Waals surface area contributed by atoms with Gasteiger partial charge in [-0.3, -0.25) is 4.79 Å². The first-order valence-electron chi connectivity index (χ1n) is 8.51. The van der Waals surface area contributed by atoms with Gasteiger partial charge in [0.25, 0.3) is 5.91 Å². The normalized spacial score (nSPS) is 23.3. The number of carboxylic acid groups (broad SMARTS) is 1. The smallest absolute Gasteiger partial charge is 0.329 e. The molecule has 1 fully saturated rings. The molecule has 0 bridgehead atoms. The van der Waals surface area contributed by atoms with Crippen LogP contribution in [0, 0.1) is 5.92 Å². The summed E-state index contributed by atoms with van der Waals surface area (Å²) in [6, 6.07) is 3.94. The molecule has 0 atom stereocenters. The molecule has 2 N–H and O–H groups in total. The van der Waals surface area contributed by atoms with Crippen LogP contribution in [0.2, 0.25) is 0 Å². The van der Waals surface area contributed by atoms with Crippen molar-refractivity contribution in [2.24, 2.45) is 5.92 Å². The molecule has 1 amide bonds. The van der Waals surface area contributed by atoms with Gasteiger partial charge in [0.15, 0.2) is 5.69 Å². The highest BCUT2D eigenvalue weighted by atomic mass is 32.1. The van der Waals surface area contributed by atoms with Crippen molar-refractivity contribution in [1.29, 1.82) is 0 Å². The fourth-order valence-electron chi connectivity index (χ4n) is 3.29. The van der Waals surface area contributed by atoms with E-state index in [9.17, 15) is 14.7 Å². The Morgan fingerprint density at radius 1 is 1.44 bits per heavy atom. The Bertz CT molecular complexity index is 733. The third-order valence-electron chi connectivity index (χ3n) is 4.97. The van der Waals surface area contributed by atoms with Gasteiger partial charge < -0.3 is 10.4 Å². The quantitative estimate of drug-likeness (QED) is 0.823. The van der Waals surface area contributed by atoms with E-state index in [1.807, 2.05) is 17.5 Å². The van der Waals surface area contributed by atoms with Crippen molar-refractivity contribution in [3.63, 3.8) is 0 Å². The Balaban J connectivity index is 1.68. The fraction of sp³-hybridized carbons (Fsp3) is 0.529. The Hall–Kier alpha value is -2.22. The molecule has 134 valence electrons.